The van der Waals surface area contributed by atoms with Crippen LogP contribution in [0.5, 0.6) is 0 Å². The van der Waals surface area contributed by atoms with Crippen LogP contribution in [0.1, 0.15) is 22.3 Å². The number of carbonyl (C=O) groups is 1. The molecule has 0 spiro atoms. The van der Waals surface area contributed by atoms with E-state index in [0.29, 0.717) is 11.1 Å². The van der Waals surface area contributed by atoms with Gasteiger partial charge in [0, 0.05) is 6.42 Å². The van der Waals surface area contributed by atoms with E-state index in [1.54, 1.807) is 12.1 Å². The van der Waals surface area contributed by atoms with Crippen LogP contribution in [0, 0.1) is 0 Å². The van der Waals surface area contributed by atoms with Crippen molar-refractivity contribution in [3.05, 3.63) is 28.3 Å². The molecule has 106 valence electrons. The molecule has 1 aromatic carbocycles. The second kappa shape index (κ2) is 6.01. The maximum absolute atomic E-state index is 12.3. The van der Waals surface area contributed by atoms with Crippen LogP contribution >= 0.6 is 11.6 Å². The molecule has 19 heavy (non-hydrogen) atoms. The van der Waals surface area contributed by atoms with Gasteiger partial charge in [-0.15, -0.1) is 0 Å². The smallest absolute Gasteiger partial charge is 0.250 e. The zero-order valence-electron chi connectivity index (χ0n) is 11.3. The van der Waals surface area contributed by atoms with Gasteiger partial charge in [0.1, 0.15) is 0 Å². The molecule has 0 atom stereocenters. The maximum atomic E-state index is 12.3. The van der Waals surface area contributed by atoms with E-state index in [1.807, 2.05) is 0 Å². The van der Waals surface area contributed by atoms with E-state index in [4.69, 9.17) is 17.3 Å². The third-order valence-electron chi connectivity index (χ3n) is 2.91. The van der Waals surface area contributed by atoms with Gasteiger partial charge < -0.3 is 5.73 Å². The summed E-state index contributed by atoms with van der Waals surface area (Å²) < 4.78 is 24.5. The van der Waals surface area contributed by atoms with E-state index in [2.05, 4.69) is 19.6 Å². The monoisotopic (exact) mass is 305 g/mol. The van der Waals surface area contributed by atoms with Crippen LogP contribution in [0.3, 0.4) is 0 Å². The summed E-state index contributed by atoms with van der Waals surface area (Å²) in [4.78, 5) is 11.6. The highest BCUT2D eigenvalue weighted by atomic mass is 35.5. The van der Waals surface area contributed by atoms with Crippen LogP contribution in [-0.2, 0) is 6.42 Å². The van der Waals surface area contributed by atoms with Gasteiger partial charge in [0.05, 0.1) is 18.7 Å². The summed E-state index contributed by atoms with van der Waals surface area (Å²) in [7, 11) is -1.77. The predicted octanol–water partition coefficient (Wildman–Crippen LogP) is 3.18. The van der Waals surface area contributed by atoms with Crippen molar-refractivity contribution in [3.8, 4) is 0 Å². The number of amides is 1. The Morgan fingerprint density at radius 3 is 2.37 bits per heavy atom. The topological polar surface area (TPSA) is 43.1 Å². The highest BCUT2D eigenvalue weighted by Gasteiger charge is 2.26. The van der Waals surface area contributed by atoms with Crippen molar-refractivity contribution in [2.75, 3.05) is 0 Å². The fourth-order valence-electron chi connectivity index (χ4n) is 1.94. The Labute approximate surface area is 118 Å². The van der Waals surface area contributed by atoms with Crippen molar-refractivity contribution in [2.24, 2.45) is 5.73 Å². The first-order valence-corrected chi connectivity index (χ1v) is 9.92. The van der Waals surface area contributed by atoms with Crippen molar-refractivity contribution in [3.63, 3.8) is 0 Å². The summed E-state index contributed by atoms with van der Waals surface area (Å²) in [6, 6.07) is 3.53. The van der Waals surface area contributed by atoms with Crippen LogP contribution < -0.4 is 10.9 Å². The lowest BCUT2D eigenvalue weighted by Gasteiger charge is -2.22. The van der Waals surface area contributed by atoms with Gasteiger partial charge >= 0.3 is 0 Å². The minimum absolute atomic E-state index is 0.142. The average molecular weight is 306 g/mol. The lowest BCUT2D eigenvalue weighted by Crippen LogP contribution is -2.43. The van der Waals surface area contributed by atoms with Gasteiger partial charge in [-0.25, -0.2) is 8.78 Å². The molecule has 0 heterocycles. The van der Waals surface area contributed by atoms with Crippen molar-refractivity contribution < 1.29 is 13.6 Å². The summed E-state index contributed by atoms with van der Waals surface area (Å²) >= 11 is 6.17. The third kappa shape index (κ3) is 4.01. The molecule has 0 unspecified atom stereocenters. The first kappa shape index (κ1) is 16.1. The Hall–Kier alpha value is -0.943. The molecule has 0 aliphatic heterocycles. The second-order valence-electron chi connectivity index (χ2n) is 5.51. The summed E-state index contributed by atoms with van der Waals surface area (Å²) in [6.07, 6.45) is -2.52. The first-order valence-electron chi connectivity index (χ1n) is 6.04. The van der Waals surface area contributed by atoms with Crippen LogP contribution in [-0.4, -0.2) is 20.4 Å². The number of nitrogens with two attached hydrogens (primary N) is 1. The van der Waals surface area contributed by atoms with Crippen LogP contribution in [0.15, 0.2) is 12.1 Å². The molecule has 0 saturated carbocycles. The van der Waals surface area contributed by atoms with Crippen molar-refractivity contribution in [1.29, 1.82) is 0 Å². The van der Waals surface area contributed by atoms with E-state index in [-0.39, 0.29) is 17.9 Å². The Morgan fingerprint density at radius 1 is 1.37 bits per heavy atom. The van der Waals surface area contributed by atoms with Gasteiger partial charge in [0.25, 0.3) is 0 Å². The SMILES string of the molecule is C[Si](C)(C)c1ccc(CCC(F)F)c(Cl)c1C(N)=O. The van der Waals surface area contributed by atoms with Gasteiger partial charge in [-0.3, -0.25) is 4.79 Å². The molecule has 1 rings (SSSR count). The van der Waals surface area contributed by atoms with Crippen molar-refractivity contribution >= 4 is 30.8 Å². The molecule has 0 aromatic heterocycles. The molecule has 0 aliphatic carbocycles. The molecule has 0 bridgehead atoms. The van der Waals surface area contributed by atoms with Gasteiger partial charge in [-0.2, -0.15) is 0 Å². The van der Waals surface area contributed by atoms with E-state index >= 15 is 0 Å². The molecule has 0 radical (unpaired) electrons. The fourth-order valence-corrected chi connectivity index (χ4v) is 3.96. The van der Waals surface area contributed by atoms with Gasteiger partial charge in [0.15, 0.2) is 0 Å². The van der Waals surface area contributed by atoms with Crippen LogP contribution in [0.2, 0.25) is 24.7 Å². The minimum Gasteiger partial charge on any atom is -0.366 e. The number of aryl methyl sites for hydroxylation is 1. The molecule has 1 aromatic rings. The molecular weight excluding hydrogens is 288 g/mol. The summed E-state index contributed by atoms with van der Waals surface area (Å²) in [5.41, 5.74) is 6.24. The molecule has 2 nitrogen and oxygen atoms in total. The molecular formula is C13H18ClF2NOSi. The minimum atomic E-state index is -2.38. The fraction of sp³-hybridized carbons (Fsp3) is 0.462. The van der Waals surface area contributed by atoms with E-state index in [0.717, 1.165) is 5.19 Å². The summed E-state index contributed by atoms with van der Waals surface area (Å²) in [5, 5.41) is 1.10. The highest BCUT2D eigenvalue weighted by Crippen LogP contribution is 2.24. The number of hydrogen-bond donors (Lipinski definition) is 1. The number of primary amides is 1. The second-order valence-corrected chi connectivity index (χ2v) is 10.9. The van der Waals surface area contributed by atoms with Gasteiger partial charge in [-0.1, -0.05) is 43.4 Å². The lowest BCUT2D eigenvalue weighted by atomic mass is 10.1. The Kier molecular flexibility index (Phi) is 5.09. The molecule has 0 saturated heterocycles. The number of alkyl halides is 2. The zero-order chi connectivity index (χ0) is 14.8. The Morgan fingerprint density at radius 2 is 1.95 bits per heavy atom. The molecule has 0 aliphatic rings. The summed E-state index contributed by atoms with van der Waals surface area (Å²) in [6.45, 7) is 6.22. The highest BCUT2D eigenvalue weighted by molar-refractivity contribution is 6.89. The quantitative estimate of drug-likeness (QED) is 0.834. The average Bonchev–Trinajstić information content (AvgIpc) is 2.24. The molecule has 1 amide bonds. The predicted molar refractivity (Wildman–Crippen MR) is 77.3 cm³/mol. The Balaban J connectivity index is 3.28. The summed E-state index contributed by atoms with van der Waals surface area (Å²) in [5.74, 6) is -0.596. The van der Waals surface area contributed by atoms with E-state index < -0.39 is 20.4 Å². The maximum Gasteiger partial charge on any atom is 0.250 e. The Bertz CT molecular complexity index is 486. The molecule has 2 N–H and O–H groups in total. The normalized spacial score (nSPS) is 11.9. The molecule has 6 heteroatoms. The number of benzene rings is 1. The van der Waals surface area contributed by atoms with Gasteiger partial charge in [0.2, 0.25) is 12.3 Å². The van der Waals surface area contributed by atoms with E-state index in [9.17, 15) is 13.6 Å². The number of rotatable bonds is 5. The zero-order valence-corrected chi connectivity index (χ0v) is 13.0. The van der Waals surface area contributed by atoms with Crippen LogP contribution in [0.4, 0.5) is 8.78 Å². The van der Waals surface area contributed by atoms with Crippen molar-refractivity contribution in [1.82, 2.24) is 0 Å². The largest absolute Gasteiger partial charge is 0.366 e. The van der Waals surface area contributed by atoms with Crippen molar-refractivity contribution in [2.45, 2.75) is 38.9 Å². The van der Waals surface area contributed by atoms with Crippen LogP contribution in [0.25, 0.3) is 0 Å². The van der Waals surface area contributed by atoms with Gasteiger partial charge in [-0.05, 0) is 17.2 Å². The number of halogens is 3. The lowest BCUT2D eigenvalue weighted by molar-refractivity contribution is 0.100. The molecule has 0 fully saturated rings. The third-order valence-corrected chi connectivity index (χ3v) is 5.37. The van der Waals surface area contributed by atoms with E-state index in [1.165, 1.54) is 0 Å². The number of hydrogen-bond acceptors (Lipinski definition) is 1. The number of carbonyl (C=O) groups excluding carboxylic acids is 1. The first-order chi connectivity index (χ1) is 8.64. The standard InChI is InChI=1S/C13H18ClF2NOSi/c1-19(2,3)9-6-4-8(5-7-10(15)16)12(14)11(9)13(17)18/h4,6,10H,5,7H2,1-3H3,(H2,17,18).